The molecule has 3 rings (SSSR count). The normalized spacial score (nSPS) is 18.4. The van der Waals surface area contributed by atoms with Gasteiger partial charge in [0.15, 0.2) is 0 Å². The van der Waals surface area contributed by atoms with Crippen LogP contribution in [0.2, 0.25) is 5.15 Å². The molecule has 1 atom stereocenters. The van der Waals surface area contributed by atoms with Crippen LogP contribution in [0.15, 0.2) is 24.4 Å². The highest BCUT2D eigenvalue weighted by atomic mass is 35.5. The maximum Gasteiger partial charge on any atom is 0.136 e. The Morgan fingerprint density at radius 1 is 1.41 bits per heavy atom. The fourth-order valence-electron chi connectivity index (χ4n) is 2.51. The zero-order valence-electron chi connectivity index (χ0n) is 9.37. The SMILES string of the molecule is CC1CC=Cc2c(F)cc3c(Cl)nccc3c21. The minimum Gasteiger partial charge on any atom is -0.244 e. The molecule has 0 saturated heterocycles. The van der Waals surface area contributed by atoms with Gasteiger partial charge in [-0.05, 0) is 35.4 Å². The van der Waals surface area contributed by atoms with Crippen LogP contribution in [0.1, 0.15) is 30.4 Å². The van der Waals surface area contributed by atoms with Gasteiger partial charge in [0.05, 0.1) is 0 Å². The van der Waals surface area contributed by atoms with Crippen LogP contribution in [0.5, 0.6) is 0 Å². The van der Waals surface area contributed by atoms with Crippen molar-refractivity contribution in [3.05, 3.63) is 46.5 Å². The van der Waals surface area contributed by atoms with E-state index in [2.05, 4.69) is 11.9 Å². The van der Waals surface area contributed by atoms with E-state index in [1.165, 1.54) is 6.07 Å². The molecule has 1 aromatic heterocycles. The van der Waals surface area contributed by atoms with Crippen molar-refractivity contribution in [2.45, 2.75) is 19.3 Å². The molecule has 3 heteroatoms. The molecule has 0 aliphatic heterocycles. The lowest BCUT2D eigenvalue weighted by Gasteiger charge is -2.21. The molecule has 0 N–H and O–H groups in total. The monoisotopic (exact) mass is 247 g/mol. The van der Waals surface area contributed by atoms with E-state index >= 15 is 0 Å². The van der Waals surface area contributed by atoms with E-state index in [0.717, 1.165) is 17.4 Å². The molecule has 17 heavy (non-hydrogen) atoms. The first-order valence-electron chi connectivity index (χ1n) is 5.61. The summed E-state index contributed by atoms with van der Waals surface area (Å²) in [7, 11) is 0. The van der Waals surface area contributed by atoms with Crippen molar-refractivity contribution in [2.75, 3.05) is 0 Å². The van der Waals surface area contributed by atoms with Crippen molar-refractivity contribution in [3.63, 3.8) is 0 Å². The Bertz CT molecular complexity index is 634. The van der Waals surface area contributed by atoms with Gasteiger partial charge in [0.1, 0.15) is 11.0 Å². The number of nitrogens with zero attached hydrogens (tertiary/aromatic N) is 1. The smallest absolute Gasteiger partial charge is 0.136 e. The number of hydrogen-bond acceptors (Lipinski definition) is 1. The zero-order chi connectivity index (χ0) is 12.0. The van der Waals surface area contributed by atoms with Crippen LogP contribution in [0.25, 0.3) is 16.8 Å². The molecule has 1 unspecified atom stereocenters. The highest BCUT2D eigenvalue weighted by Crippen LogP contribution is 2.38. The van der Waals surface area contributed by atoms with Crippen molar-refractivity contribution in [1.82, 2.24) is 4.98 Å². The first-order valence-corrected chi connectivity index (χ1v) is 5.99. The molecule has 1 nitrogen and oxygen atoms in total. The second-order valence-corrected chi connectivity index (χ2v) is 4.78. The average Bonchev–Trinajstić information content (AvgIpc) is 2.31. The van der Waals surface area contributed by atoms with Gasteiger partial charge in [0.2, 0.25) is 0 Å². The molecule has 0 saturated carbocycles. The number of halogens is 2. The Labute approximate surface area is 104 Å². The third-order valence-corrected chi connectivity index (χ3v) is 3.62. The molecule has 1 aliphatic carbocycles. The molecule has 0 spiro atoms. The lowest BCUT2D eigenvalue weighted by molar-refractivity contribution is 0.619. The van der Waals surface area contributed by atoms with E-state index in [1.54, 1.807) is 6.20 Å². The Morgan fingerprint density at radius 3 is 3.06 bits per heavy atom. The fourth-order valence-corrected chi connectivity index (χ4v) is 2.72. The number of benzene rings is 1. The van der Waals surface area contributed by atoms with E-state index in [9.17, 15) is 4.39 Å². The van der Waals surface area contributed by atoms with E-state index in [4.69, 9.17) is 11.6 Å². The standard InChI is InChI=1S/C14H11ClFN/c1-8-3-2-4-10-12(16)7-11-9(13(8)10)5-6-17-14(11)15/h2,4-8H,3H2,1H3. The summed E-state index contributed by atoms with van der Waals surface area (Å²) < 4.78 is 14.0. The first-order chi connectivity index (χ1) is 8.18. The van der Waals surface area contributed by atoms with E-state index in [0.29, 0.717) is 22.0 Å². The topological polar surface area (TPSA) is 12.9 Å². The van der Waals surface area contributed by atoms with Crippen molar-refractivity contribution >= 4 is 28.4 Å². The third-order valence-electron chi connectivity index (χ3n) is 3.32. The maximum absolute atomic E-state index is 14.0. The molecule has 1 aromatic carbocycles. The second kappa shape index (κ2) is 3.81. The Balaban J connectivity index is 2.49. The molecule has 1 aliphatic rings. The lowest BCUT2D eigenvalue weighted by atomic mass is 9.85. The molecule has 0 radical (unpaired) electrons. The molecule has 86 valence electrons. The van der Waals surface area contributed by atoms with Crippen LogP contribution < -0.4 is 0 Å². The second-order valence-electron chi connectivity index (χ2n) is 4.42. The third kappa shape index (κ3) is 1.55. The number of aromatic nitrogens is 1. The highest BCUT2D eigenvalue weighted by molar-refractivity contribution is 6.34. The summed E-state index contributed by atoms with van der Waals surface area (Å²) in [5.74, 6) is 0.0943. The Kier molecular flexibility index (Phi) is 2.40. The molecule has 0 fully saturated rings. The van der Waals surface area contributed by atoms with Crippen LogP contribution in [0.4, 0.5) is 4.39 Å². The van der Waals surface area contributed by atoms with Gasteiger partial charge in [-0.3, -0.25) is 0 Å². The molecular formula is C14H11ClFN. The summed E-state index contributed by atoms with van der Waals surface area (Å²) in [6, 6.07) is 3.39. The quantitative estimate of drug-likeness (QED) is 0.623. The Hall–Kier alpha value is -1.41. The van der Waals surface area contributed by atoms with Crippen molar-refractivity contribution in [3.8, 4) is 0 Å². The number of allylic oxidation sites excluding steroid dienone is 1. The minimum absolute atomic E-state index is 0.217. The maximum atomic E-state index is 14.0. The van der Waals surface area contributed by atoms with Crippen LogP contribution in [-0.2, 0) is 0 Å². The van der Waals surface area contributed by atoms with Gasteiger partial charge in [0, 0.05) is 17.1 Å². The molecule has 0 bridgehead atoms. The van der Waals surface area contributed by atoms with Gasteiger partial charge in [-0.2, -0.15) is 0 Å². The number of rotatable bonds is 0. The first kappa shape index (κ1) is 10.7. The van der Waals surface area contributed by atoms with Crippen molar-refractivity contribution in [2.24, 2.45) is 0 Å². The average molecular weight is 248 g/mol. The molecular weight excluding hydrogens is 237 g/mol. The van der Waals surface area contributed by atoms with Gasteiger partial charge >= 0.3 is 0 Å². The summed E-state index contributed by atoms with van der Waals surface area (Å²) in [6.45, 7) is 2.11. The summed E-state index contributed by atoms with van der Waals surface area (Å²) in [5, 5.41) is 2.08. The summed E-state index contributed by atoms with van der Waals surface area (Å²) in [4.78, 5) is 4.00. The predicted octanol–water partition coefficient (Wildman–Crippen LogP) is 4.55. The number of hydrogen-bond donors (Lipinski definition) is 0. The largest absolute Gasteiger partial charge is 0.244 e. The summed E-state index contributed by atoms with van der Waals surface area (Å²) in [5.41, 5.74) is 1.74. The Morgan fingerprint density at radius 2 is 2.24 bits per heavy atom. The van der Waals surface area contributed by atoms with Gasteiger partial charge in [-0.25, -0.2) is 9.37 Å². The molecule has 2 aromatic rings. The fraction of sp³-hybridized carbons (Fsp3) is 0.214. The van der Waals surface area contributed by atoms with Crippen molar-refractivity contribution < 1.29 is 4.39 Å². The van der Waals surface area contributed by atoms with Gasteiger partial charge in [-0.15, -0.1) is 0 Å². The van der Waals surface area contributed by atoms with E-state index in [-0.39, 0.29) is 5.82 Å². The van der Waals surface area contributed by atoms with Crippen LogP contribution in [0.3, 0.4) is 0 Å². The summed E-state index contributed by atoms with van der Waals surface area (Å²) in [6.07, 6.45) is 6.49. The zero-order valence-corrected chi connectivity index (χ0v) is 10.1. The summed E-state index contributed by atoms with van der Waals surface area (Å²) >= 11 is 6.02. The number of fused-ring (bicyclic) bond motifs is 3. The van der Waals surface area contributed by atoms with Crippen LogP contribution in [0, 0.1) is 5.82 Å². The van der Waals surface area contributed by atoms with Crippen LogP contribution in [-0.4, -0.2) is 4.98 Å². The number of pyridine rings is 1. The van der Waals surface area contributed by atoms with Crippen LogP contribution >= 0.6 is 11.6 Å². The highest BCUT2D eigenvalue weighted by Gasteiger charge is 2.20. The van der Waals surface area contributed by atoms with E-state index in [1.807, 2.05) is 18.2 Å². The van der Waals surface area contributed by atoms with Crippen molar-refractivity contribution in [1.29, 1.82) is 0 Å². The molecule has 1 heterocycles. The van der Waals surface area contributed by atoms with Gasteiger partial charge < -0.3 is 0 Å². The van der Waals surface area contributed by atoms with Gasteiger partial charge in [0.25, 0.3) is 0 Å². The molecule has 0 amide bonds. The lowest BCUT2D eigenvalue weighted by Crippen LogP contribution is -2.04. The van der Waals surface area contributed by atoms with E-state index < -0.39 is 0 Å². The minimum atomic E-state index is -0.217. The van der Waals surface area contributed by atoms with Gasteiger partial charge in [-0.1, -0.05) is 30.7 Å². The predicted molar refractivity (Wildman–Crippen MR) is 68.8 cm³/mol.